The molecule has 0 aromatic heterocycles. The number of rotatable bonds is 4. The maximum Gasteiger partial charge on any atom is 0.314 e. The van der Waals surface area contributed by atoms with Gasteiger partial charge in [-0.2, -0.15) is 5.26 Å². The van der Waals surface area contributed by atoms with Crippen molar-refractivity contribution in [3.8, 4) is 6.07 Å². The third kappa shape index (κ3) is 3.74. The number of hydrogen-bond acceptors (Lipinski definition) is 3. The molecule has 0 amide bonds. The van der Waals surface area contributed by atoms with E-state index in [9.17, 15) is 19.6 Å². The highest BCUT2D eigenvalue weighted by atomic mass is 19.1. The quantitative estimate of drug-likeness (QED) is 0.765. The number of piperidine rings is 1. The van der Waals surface area contributed by atoms with Crippen LogP contribution in [0.4, 0.5) is 4.39 Å². The third-order valence-electron chi connectivity index (χ3n) is 7.73. The van der Waals surface area contributed by atoms with Crippen LogP contribution in [0.15, 0.2) is 54.6 Å². The lowest BCUT2D eigenvalue weighted by atomic mass is 9.65. The zero-order valence-electron chi connectivity index (χ0n) is 17.9. The van der Waals surface area contributed by atoms with Crippen molar-refractivity contribution in [3.05, 3.63) is 71.5 Å². The van der Waals surface area contributed by atoms with Crippen molar-refractivity contribution in [2.45, 2.75) is 55.9 Å². The lowest BCUT2D eigenvalue weighted by Gasteiger charge is -2.48. The first-order chi connectivity index (χ1) is 14.9. The van der Waals surface area contributed by atoms with Crippen LogP contribution >= 0.6 is 0 Å². The van der Waals surface area contributed by atoms with Crippen LogP contribution in [0.25, 0.3) is 0 Å². The Balaban J connectivity index is 1.48. The Kier molecular flexibility index (Phi) is 5.85. The van der Waals surface area contributed by atoms with E-state index in [0.717, 1.165) is 37.1 Å². The minimum absolute atomic E-state index is 0.0213. The van der Waals surface area contributed by atoms with Gasteiger partial charge in [0.25, 0.3) is 0 Å². The average molecular weight is 421 g/mol. The predicted octanol–water partition coefficient (Wildman–Crippen LogP) is 4.89. The molecule has 0 unspecified atom stereocenters. The molecule has 1 N–H and O–H groups in total. The molecule has 4 nitrogen and oxygen atoms in total. The maximum atomic E-state index is 13.8. The number of benzene rings is 2. The number of halogens is 1. The predicted molar refractivity (Wildman–Crippen MR) is 117 cm³/mol. The Labute approximate surface area is 183 Å². The SMILES string of the molecule is C[C@@H]1CN(C2CCC(C#N)(c3cccc(F)c3)CC2)CC[C@]1(C(=O)O)c1ccccc1. The van der Waals surface area contributed by atoms with Crippen molar-refractivity contribution >= 4 is 5.97 Å². The summed E-state index contributed by atoms with van der Waals surface area (Å²) in [6, 6.07) is 18.9. The number of likely N-dealkylation sites (tertiary alicyclic amines) is 1. The van der Waals surface area contributed by atoms with Crippen molar-refractivity contribution in [1.29, 1.82) is 5.26 Å². The van der Waals surface area contributed by atoms with Crippen molar-refractivity contribution in [1.82, 2.24) is 4.90 Å². The van der Waals surface area contributed by atoms with E-state index >= 15 is 0 Å². The van der Waals surface area contributed by atoms with Gasteiger partial charge < -0.3 is 10.0 Å². The summed E-state index contributed by atoms with van der Waals surface area (Å²) in [5.41, 5.74) is 0.168. The van der Waals surface area contributed by atoms with Gasteiger partial charge in [0.1, 0.15) is 5.82 Å². The molecule has 4 rings (SSSR count). The van der Waals surface area contributed by atoms with E-state index in [1.54, 1.807) is 6.07 Å². The van der Waals surface area contributed by atoms with Crippen LogP contribution in [0.5, 0.6) is 0 Å². The van der Waals surface area contributed by atoms with Gasteiger partial charge in [0.15, 0.2) is 0 Å². The topological polar surface area (TPSA) is 64.3 Å². The van der Waals surface area contributed by atoms with Crippen molar-refractivity contribution in [2.24, 2.45) is 5.92 Å². The van der Waals surface area contributed by atoms with Gasteiger partial charge in [-0.25, -0.2) is 4.39 Å². The second-order valence-electron chi connectivity index (χ2n) is 9.22. The number of carboxylic acids is 1. The van der Waals surface area contributed by atoms with E-state index in [-0.39, 0.29) is 11.7 Å². The lowest BCUT2D eigenvalue weighted by Crippen LogP contribution is -2.56. The molecule has 2 fully saturated rings. The summed E-state index contributed by atoms with van der Waals surface area (Å²) >= 11 is 0. The van der Waals surface area contributed by atoms with Crippen LogP contribution in [-0.2, 0) is 15.6 Å². The van der Waals surface area contributed by atoms with Gasteiger partial charge in [-0.3, -0.25) is 4.79 Å². The summed E-state index contributed by atoms with van der Waals surface area (Å²) in [5, 5.41) is 20.1. The average Bonchev–Trinajstić information content (AvgIpc) is 2.79. The van der Waals surface area contributed by atoms with E-state index < -0.39 is 16.8 Å². The molecule has 2 aliphatic rings. The van der Waals surface area contributed by atoms with Crippen molar-refractivity contribution in [2.75, 3.05) is 13.1 Å². The van der Waals surface area contributed by atoms with Crippen LogP contribution in [0.2, 0.25) is 0 Å². The van der Waals surface area contributed by atoms with Gasteiger partial charge in [-0.1, -0.05) is 49.4 Å². The number of carboxylic acid groups (broad SMARTS) is 1. The zero-order chi connectivity index (χ0) is 22.1. The molecule has 0 radical (unpaired) electrons. The van der Waals surface area contributed by atoms with E-state index in [4.69, 9.17) is 0 Å². The van der Waals surface area contributed by atoms with Gasteiger partial charge >= 0.3 is 5.97 Å². The van der Waals surface area contributed by atoms with Crippen LogP contribution in [0.3, 0.4) is 0 Å². The summed E-state index contributed by atoms with van der Waals surface area (Å²) in [5.74, 6) is -1.07. The fourth-order valence-corrected chi connectivity index (χ4v) is 5.81. The molecule has 5 heteroatoms. The largest absolute Gasteiger partial charge is 0.481 e. The first-order valence-electron chi connectivity index (χ1n) is 11.1. The molecule has 1 saturated carbocycles. The smallest absolute Gasteiger partial charge is 0.314 e. The summed E-state index contributed by atoms with van der Waals surface area (Å²) in [6.07, 6.45) is 3.71. The molecular formula is C26H29FN2O2. The molecule has 2 aromatic carbocycles. The minimum atomic E-state index is -0.857. The Morgan fingerprint density at radius 2 is 1.77 bits per heavy atom. The normalized spacial score (nSPS) is 31.6. The summed E-state index contributed by atoms with van der Waals surface area (Å²) in [4.78, 5) is 14.8. The Hall–Kier alpha value is -2.71. The molecule has 1 heterocycles. The molecule has 0 spiro atoms. The van der Waals surface area contributed by atoms with Crippen LogP contribution in [-0.4, -0.2) is 35.1 Å². The summed E-state index contributed by atoms with van der Waals surface area (Å²) in [7, 11) is 0. The zero-order valence-corrected chi connectivity index (χ0v) is 17.9. The lowest BCUT2D eigenvalue weighted by molar-refractivity contribution is -0.149. The number of hydrogen-bond donors (Lipinski definition) is 1. The Morgan fingerprint density at radius 3 is 2.35 bits per heavy atom. The van der Waals surface area contributed by atoms with E-state index in [1.807, 2.05) is 43.3 Å². The maximum absolute atomic E-state index is 13.8. The molecule has 1 saturated heterocycles. The van der Waals surface area contributed by atoms with Crippen molar-refractivity contribution in [3.63, 3.8) is 0 Å². The highest BCUT2D eigenvalue weighted by Crippen LogP contribution is 2.44. The van der Waals surface area contributed by atoms with Crippen molar-refractivity contribution < 1.29 is 14.3 Å². The number of aliphatic carboxylic acids is 1. The first-order valence-corrected chi connectivity index (χ1v) is 11.1. The third-order valence-corrected chi connectivity index (χ3v) is 7.73. The second kappa shape index (κ2) is 8.43. The first kappa shape index (κ1) is 21.5. The summed E-state index contributed by atoms with van der Waals surface area (Å²) in [6.45, 7) is 3.50. The number of nitrogens with zero attached hydrogens (tertiary/aromatic N) is 2. The Morgan fingerprint density at radius 1 is 1.10 bits per heavy atom. The monoisotopic (exact) mass is 420 g/mol. The standard InChI is InChI=1S/C26H29FN2O2/c1-19-17-29(15-14-26(19,24(30)31)20-6-3-2-4-7-20)23-10-12-25(18-28,13-11-23)21-8-5-9-22(27)16-21/h2-9,16,19,23H,10-15,17H2,1H3,(H,30,31)/t19-,23?,25?,26-/m1/s1. The number of nitriles is 1. The highest BCUT2D eigenvalue weighted by Gasteiger charge is 2.50. The van der Waals surface area contributed by atoms with Crippen LogP contribution < -0.4 is 0 Å². The van der Waals surface area contributed by atoms with Crippen LogP contribution in [0, 0.1) is 23.1 Å². The van der Waals surface area contributed by atoms with E-state index in [0.29, 0.717) is 25.3 Å². The van der Waals surface area contributed by atoms with E-state index in [2.05, 4.69) is 11.0 Å². The summed E-state index contributed by atoms with van der Waals surface area (Å²) < 4.78 is 13.8. The molecule has 31 heavy (non-hydrogen) atoms. The molecule has 1 aliphatic heterocycles. The molecule has 2 atom stereocenters. The fourth-order valence-electron chi connectivity index (χ4n) is 5.81. The van der Waals surface area contributed by atoms with Gasteiger partial charge in [-0.05, 0) is 67.8 Å². The van der Waals surface area contributed by atoms with E-state index in [1.165, 1.54) is 12.1 Å². The van der Waals surface area contributed by atoms with Gasteiger partial charge in [0.2, 0.25) is 0 Å². The second-order valence-corrected chi connectivity index (χ2v) is 9.22. The molecule has 1 aliphatic carbocycles. The van der Waals surface area contributed by atoms with Gasteiger partial charge in [0.05, 0.1) is 16.9 Å². The van der Waals surface area contributed by atoms with Gasteiger partial charge in [0, 0.05) is 12.6 Å². The minimum Gasteiger partial charge on any atom is -0.481 e. The molecule has 162 valence electrons. The van der Waals surface area contributed by atoms with Crippen LogP contribution in [0.1, 0.15) is 50.2 Å². The molecular weight excluding hydrogens is 391 g/mol. The Bertz CT molecular complexity index is 978. The molecule has 0 bridgehead atoms. The molecule has 2 aromatic rings. The van der Waals surface area contributed by atoms with Gasteiger partial charge in [-0.15, -0.1) is 0 Å². The highest BCUT2D eigenvalue weighted by molar-refractivity contribution is 5.82. The fraction of sp³-hybridized carbons (Fsp3) is 0.462. The number of carbonyl (C=O) groups is 1.